The molecule has 4 heteroatoms. The van der Waals surface area contributed by atoms with Crippen LogP contribution < -0.4 is 10.6 Å². The number of rotatable bonds is 5. The van der Waals surface area contributed by atoms with Crippen molar-refractivity contribution in [1.82, 2.24) is 5.32 Å². The first-order valence-corrected chi connectivity index (χ1v) is 8.53. The number of benzene rings is 1. The van der Waals surface area contributed by atoms with Gasteiger partial charge in [-0.25, -0.2) is 0 Å². The number of anilines is 1. The van der Waals surface area contributed by atoms with Gasteiger partial charge < -0.3 is 10.6 Å². The maximum atomic E-state index is 12.4. The van der Waals surface area contributed by atoms with E-state index in [1.54, 1.807) is 11.8 Å². The number of nitrogens with one attached hydrogen (secondary N) is 2. The van der Waals surface area contributed by atoms with Crippen LogP contribution in [0.2, 0.25) is 0 Å². The standard InChI is InChI=1S/C16H24N2OS/c1-17-16(10-6-3-7-11-16)12-15(19)18-13-8-4-5-9-14(13)20-2/h4-5,8-9,17H,3,6-7,10-12H2,1-2H3,(H,18,19). The van der Waals surface area contributed by atoms with E-state index >= 15 is 0 Å². The number of thioether (sulfide) groups is 1. The Bertz CT molecular complexity index is 456. The third-order valence-corrected chi connectivity index (χ3v) is 5.02. The Kier molecular flexibility index (Phi) is 5.49. The molecule has 0 saturated heterocycles. The molecule has 1 aliphatic carbocycles. The van der Waals surface area contributed by atoms with E-state index in [2.05, 4.69) is 10.6 Å². The van der Waals surface area contributed by atoms with Gasteiger partial charge in [0.05, 0.1) is 5.69 Å². The topological polar surface area (TPSA) is 41.1 Å². The summed E-state index contributed by atoms with van der Waals surface area (Å²) >= 11 is 1.66. The zero-order chi connectivity index (χ0) is 14.4. The molecule has 0 aliphatic heterocycles. The van der Waals surface area contributed by atoms with Gasteiger partial charge in [-0.1, -0.05) is 31.4 Å². The molecule has 1 aliphatic rings. The summed E-state index contributed by atoms with van der Waals surface area (Å²) in [4.78, 5) is 13.5. The quantitative estimate of drug-likeness (QED) is 0.814. The first-order valence-electron chi connectivity index (χ1n) is 7.31. The summed E-state index contributed by atoms with van der Waals surface area (Å²) < 4.78 is 0. The van der Waals surface area contributed by atoms with Gasteiger partial charge in [-0.15, -0.1) is 11.8 Å². The average Bonchev–Trinajstić information content (AvgIpc) is 2.48. The van der Waals surface area contributed by atoms with Crippen molar-refractivity contribution in [2.75, 3.05) is 18.6 Å². The van der Waals surface area contributed by atoms with Crippen molar-refractivity contribution in [3.63, 3.8) is 0 Å². The second kappa shape index (κ2) is 7.14. The largest absolute Gasteiger partial charge is 0.325 e. The fourth-order valence-corrected chi connectivity index (χ4v) is 3.55. The summed E-state index contributed by atoms with van der Waals surface area (Å²) in [6.07, 6.45) is 8.51. The Morgan fingerprint density at radius 3 is 2.60 bits per heavy atom. The van der Waals surface area contributed by atoms with E-state index in [4.69, 9.17) is 0 Å². The first kappa shape index (κ1) is 15.4. The molecule has 0 heterocycles. The molecule has 3 nitrogen and oxygen atoms in total. The van der Waals surface area contributed by atoms with E-state index in [9.17, 15) is 4.79 Å². The van der Waals surface area contributed by atoms with E-state index in [1.165, 1.54) is 19.3 Å². The highest BCUT2D eigenvalue weighted by molar-refractivity contribution is 7.98. The fraction of sp³-hybridized carbons (Fsp3) is 0.562. The van der Waals surface area contributed by atoms with Gasteiger partial charge in [0.25, 0.3) is 0 Å². The molecular weight excluding hydrogens is 268 g/mol. The molecule has 1 aromatic rings. The molecule has 2 rings (SSSR count). The monoisotopic (exact) mass is 292 g/mol. The fourth-order valence-electron chi connectivity index (χ4n) is 2.99. The van der Waals surface area contributed by atoms with Crippen LogP contribution in [0.5, 0.6) is 0 Å². The minimum absolute atomic E-state index is 0.00334. The van der Waals surface area contributed by atoms with Gasteiger partial charge in [0.15, 0.2) is 0 Å². The predicted molar refractivity (Wildman–Crippen MR) is 86.3 cm³/mol. The zero-order valence-electron chi connectivity index (χ0n) is 12.4. The van der Waals surface area contributed by atoms with Crippen molar-refractivity contribution in [3.8, 4) is 0 Å². The zero-order valence-corrected chi connectivity index (χ0v) is 13.2. The summed E-state index contributed by atoms with van der Waals surface area (Å²) in [5.74, 6) is 0.114. The van der Waals surface area contributed by atoms with Crippen LogP contribution >= 0.6 is 11.8 Å². The van der Waals surface area contributed by atoms with Crippen LogP contribution in [0, 0.1) is 0 Å². The smallest absolute Gasteiger partial charge is 0.226 e. The second-order valence-corrected chi connectivity index (χ2v) is 6.36. The van der Waals surface area contributed by atoms with Crippen molar-refractivity contribution in [2.24, 2.45) is 0 Å². The van der Waals surface area contributed by atoms with Crippen molar-refractivity contribution < 1.29 is 4.79 Å². The maximum absolute atomic E-state index is 12.4. The number of hydrogen-bond donors (Lipinski definition) is 2. The third kappa shape index (κ3) is 3.76. The van der Waals surface area contributed by atoms with E-state index < -0.39 is 0 Å². The molecule has 2 N–H and O–H groups in total. The number of carbonyl (C=O) groups is 1. The molecule has 1 aromatic carbocycles. The summed E-state index contributed by atoms with van der Waals surface area (Å²) in [5.41, 5.74) is 0.920. The van der Waals surface area contributed by atoms with E-state index in [-0.39, 0.29) is 11.4 Å². The Hall–Kier alpha value is -1.00. The van der Waals surface area contributed by atoms with Crippen molar-refractivity contribution in [1.29, 1.82) is 0 Å². The third-order valence-electron chi connectivity index (χ3n) is 4.22. The second-order valence-electron chi connectivity index (χ2n) is 5.52. The van der Waals surface area contributed by atoms with E-state index in [1.807, 2.05) is 37.6 Å². The Labute approximate surface area is 125 Å². The van der Waals surface area contributed by atoms with E-state index in [0.29, 0.717) is 6.42 Å². The molecule has 0 radical (unpaired) electrons. The molecule has 0 unspecified atom stereocenters. The van der Waals surface area contributed by atoms with Crippen LogP contribution in [0.4, 0.5) is 5.69 Å². The number of amides is 1. The van der Waals surface area contributed by atoms with Gasteiger partial charge >= 0.3 is 0 Å². The van der Waals surface area contributed by atoms with Gasteiger partial charge in [0.1, 0.15) is 0 Å². The van der Waals surface area contributed by atoms with Crippen molar-refractivity contribution in [2.45, 2.75) is 49.0 Å². The molecule has 1 fully saturated rings. The van der Waals surface area contributed by atoms with Crippen LogP contribution in [-0.4, -0.2) is 24.7 Å². The van der Waals surface area contributed by atoms with E-state index in [0.717, 1.165) is 23.4 Å². The lowest BCUT2D eigenvalue weighted by atomic mass is 9.79. The van der Waals surface area contributed by atoms with Crippen LogP contribution in [0.1, 0.15) is 38.5 Å². The molecule has 0 aromatic heterocycles. The highest BCUT2D eigenvalue weighted by Crippen LogP contribution is 2.31. The van der Waals surface area contributed by atoms with Gasteiger partial charge in [-0.05, 0) is 38.3 Å². The number of hydrogen-bond acceptors (Lipinski definition) is 3. The Morgan fingerprint density at radius 2 is 1.95 bits per heavy atom. The maximum Gasteiger partial charge on any atom is 0.226 e. The minimum atomic E-state index is -0.00334. The molecule has 0 spiro atoms. The van der Waals surface area contributed by atoms with Gasteiger partial charge in [0, 0.05) is 16.9 Å². The van der Waals surface area contributed by atoms with Crippen molar-refractivity contribution in [3.05, 3.63) is 24.3 Å². The van der Waals surface area contributed by atoms with Gasteiger partial charge in [-0.2, -0.15) is 0 Å². The van der Waals surface area contributed by atoms with Crippen LogP contribution in [0.15, 0.2) is 29.2 Å². The number of carbonyl (C=O) groups excluding carboxylic acids is 1. The lowest BCUT2D eigenvalue weighted by Crippen LogP contribution is -2.47. The summed E-state index contributed by atoms with van der Waals surface area (Å²) in [5, 5.41) is 6.46. The molecule has 110 valence electrons. The van der Waals surface area contributed by atoms with Crippen LogP contribution in [-0.2, 0) is 4.79 Å². The Balaban J connectivity index is 2.01. The lowest BCUT2D eigenvalue weighted by Gasteiger charge is -2.36. The van der Waals surface area contributed by atoms with Crippen molar-refractivity contribution >= 4 is 23.4 Å². The van der Waals surface area contributed by atoms with Gasteiger partial charge in [-0.3, -0.25) is 4.79 Å². The molecule has 20 heavy (non-hydrogen) atoms. The summed E-state index contributed by atoms with van der Waals surface area (Å²) in [7, 11) is 1.98. The molecule has 0 bridgehead atoms. The minimum Gasteiger partial charge on any atom is -0.325 e. The molecule has 1 amide bonds. The average molecular weight is 292 g/mol. The Morgan fingerprint density at radius 1 is 1.25 bits per heavy atom. The molecular formula is C16H24N2OS. The number of para-hydroxylation sites is 1. The highest BCUT2D eigenvalue weighted by atomic mass is 32.2. The van der Waals surface area contributed by atoms with Gasteiger partial charge in [0.2, 0.25) is 5.91 Å². The first-order chi connectivity index (χ1) is 9.69. The molecule has 0 atom stereocenters. The summed E-state index contributed by atoms with van der Waals surface area (Å²) in [6, 6.07) is 7.97. The normalized spacial score (nSPS) is 17.7. The highest BCUT2D eigenvalue weighted by Gasteiger charge is 2.32. The molecule has 1 saturated carbocycles. The predicted octanol–water partition coefficient (Wildman–Crippen LogP) is 3.66. The van der Waals surface area contributed by atoms with Crippen LogP contribution in [0.3, 0.4) is 0 Å². The lowest BCUT2D eigenvalue weighted by molar-refractivity contribution is -0.117. The van der Waals surface area contributed by atoms with Crippen LogP contribution in [0.25, 0.3) is 0 Å². The summed E-state index contributed by atoms with van der Waals surface area (Å²) in [6.45, 7) is 0. The SMILES string of the molecule is CNC1(CC(=O)Nc2ccccc2SC)CCCCC1.